The van der Waals surface area contributed by atoms with Crippen LogP contribution in [0.1, 0.15) is 57.8 Å². The summed E-state index contributed by atoms with van der Waals surface area (Å²) < 4.78 is 6.80. The number of carbonyl (C=O) groups excluding carboxylic acids is 1. The number of nitrogens with one attached hydrogen (secondary N) is 1. The molecule has 0 bridgehead atoms. The Balaban J connectivity index is 1.37. The SMILES string of the molecule is O=C(CCn1c(=O)oc2ccccc21)NCC1(N2CCCCC2)CCCCC1. The Morgan fingerprint density at radius 2 is 1.75 bits per heavy atom. The molecule has 0 radical (unpaired) electrons. The average Bonchev–Trinajstić information content (AvgIpc) is 3.07. The number of benzene rings is 1. The predicted octanol–water partition coefficient (Wildman–Crippen LogP) is 3.29. The van der Waals surface area contributed by atoms with Gasteiger partial charge in [-0.2, -0.15) is 0 Å². The number of aryl methyl sites for hydroxylation is 1. The van der Waals surface area contributed by atoms with Crippen molar-refractivity contribution in [2.24, 2.45) is 0 Å². The quantitative estimate of drug-likeness (QED) is 0.829. The molecule has 2 fully saturated rings. The first-order valence-electron chi connectivity index (χ1n) is 10.8. The van der Waals surface area contributed by atoms with Crippen molar-refractivity contribution in [3.8, 4) is 0 Å². The van der Waals surface area contributed by atoms with Gasteiger partial charge in [-0.3, -0.25) is 14.3 Å². The molecule has 0 spiro atoms. The van der Waals surface area contributed by atoms with Crippen molar-refractivity contribution in [3.05, 3.63) is 34.8 Å². The molecule has 1 aromatic carbocycles. The number of aromatic nitrogens is 1. The van der Waals surface area contributed by atoms with E-state index in [1.165, 1.54) is 51.4 Å². The lowest BCUT2D eigenvalue weighted by Gasteiger charge is -2.48. The second kappa shape index (κ2) is 8.52. The van der Waals surface area contributed by atoms with E-state index in [-0.39, 0.29) is 11.4 Å². The molecule has 1 aliphatic heterocycles. The van der Waals surface area contributed by atoms with Crippen LogP contribution < -0.4 is 11.1 Å². The summed E-state index contributed by atoms with van der Waals surface area (Å²) in [7, 11) is 0. The highest BCUT2D eigenvalue weighted by Gasteiger charge is 2.38. The summed E-state index contributed by atoms with van der Waals surface area (Å²) in [6.07, 6.45) is 10.3. The maximum atomic E-state index is 12.6. The lowest BCUT2D eigenvalue weighted by molar-refractivity contribution is -0.122. The van der Waals surface area contributed by atoms with Crippen molar-refractivity contribution >= 4 is 17.0 Å². The van der Waals surface area contributed by atoms with Crippen LogP contribution in [0.15, 0.2) is 33.5 Å². The van der Waals surface area contributed by atoms with Gasteiger partial charge in [0, 0.05) is 25.0 Å². The van der Waals surface area contributed by atoms with Gasteiger partial charge >= 0.3 is 5.76 Å². The molecule has 0 atom stereocenters. The van der Waals surface area contributed by atoms with Crippen LogP contribution >= 0.6 is 0 Å². The molecule has 0 unspecified atom stereocenters. The van der Waals surface area contributed by atoms with E-state index in [9.17, 15) is 9.59 Å². The van der Waals surface area contributed by atoms with Crippen molar-refractivity contribution in [2.75, 3.05) is 19.6 Å². The van der Waals surface area contributed by atoms with Gasteiger partial charge in [0.05, 0.1) is 5.52 Å². The molecule has 1 saturated carbocycles. The highest BCUT2D eigenvalue weighted by molar-refractivity contribution is 5.76. The minimum absolute atomic E-state index is 0.0131. The van der Waals surface area contributed by atoms with E-state index in [1.807, 2.05) is 18.2 Å². The zero-order valence-corrected chi connectivity index (χ0v) is 16.6. The smallest absolute Gasteiger partial charge is 0.408 e. The van der Waals surface area contributed by atoms with Gasteiger partial charge in [-0.25, -0.2) is 4.79 Å². The zero-order chi connectivity index (χ0) is 19.4. The molecule has 6 heteroatoms. The van der Waals surface area contributed by atoms with E-state index in [0.717, 1.165) is 25.2 Å². The normalized spacial score (nSPS) is 20.3. The summed E-state index contributed by atoms with van der Waals surface area (Å²) in [6.45, 7) is 3.39. The van der Waals surface area contributed by atoms with Crippen molar-refractivity contribution in [2.45, 2.75) is 69.9 Å². The van der Waals surface area contributed by atoms with Gasteiger partial charge in [-0.1, -0.05) is 37.8 Å². The third kappa shape index (κ3) is 4.02. The number of para-hydroxylation sites is 2. The van der Waals surface area contributed by atoms with E-state index < -0.39 is 5.76 Å². The Morgan fingerprint density at radius 1 is 1.04 bits per heavy atom. The molecular weight excluding hydrogens is 354 g/mol. The van der Waals surface area contributed by atoms with Crippen LogP contribution in [0.4, 0.5) is 0 Å². The highest BCUT2D eigenvalue weighted by Crippen LogP contribution is 2.35. The van der Waals surface area contributed by atoms with Gasteiger partial charge < -0.3 is 9.73 Å². The fourth-order valence-electron chi connectivity index (χ4n) is 4.97. The second-order valence-corrected chi connectivity index (χ2v) is 8.35. The number of piperidine rings is 1. The topological polar surface area (TPSA) is 67.5 Å². The number of oxazole rings is 1. The number of hydrogen-bond donors (Lipinski definition) is 1. The standard InChI is InChI=1S/C22H31N3O3/c26-20(11-16-25-18-9-3-4-10-19(18)28-21(25)27)23-17-22(12-5-1-6-13-22)24-14-7-2-8-15-24/h3-4,9-10H,1-2,5-8,11-17H2,(H,23,26). The van der Waals surface area contributed by atoms with Gasteiger partial charge in [0.15, 0.2) is 5.58 Å². The van der Waals surface area contributed by atoms with Gasteiger partial charge in [0.1, 0.15) is 0 Å². The molecule has 1 saturated heterocycles. The van der Waals surface area contributed by atoms with Crippen LogP contribution in [0.5, 0.6) is 0 Å². The lowest BCUT2D eigenvalue weighted by Crippen LogP contribution is -2.58. The zero-order valence-electron chi connectivity index (χ0n) is 16.6. The van der Waals surface area contributed by atoms with Crippen LogP contribution in [0, 0.1) is 0 Å². The predicted molar refractivity (Wildman–Crippen MR) is 109 cm³/mol. The molecule has 2 aliphatic rings. The first-order chi connectivity index (χ1) is 13.7. The third-order valence-electron chi connectivity index (χ3n) is 6.56. The molecule has 1 amide bonds. The fraction of sp³-hybridized carbons (Fsp3) is 0.636. The number of likely N-dealkylation sites (tertiary alicyclic amines) is 1. The Labute approximate surface area is 165 Å². The van der Waals surface area contributed by atoms with Crippen LogP contribution in [-0.2, 0) is 11.3 Å². The molecule has 6 nitrogen and oxygen atoms in total. The molecule has 1 N–H and O–H groups in total. The van der Waals surface area contributed by atoms with Crippen LogP contribution in [0.3, 0.4) is 0 Å². The van der Waals surface area contributed by atoms with Crippen LogP contribution in [0.2, 0.25) is 0 Å². The molecule has 152 valence electrons. The van der Waals surface area contributed by atoms with Crippen molar-refractivity contribution in [1.29, 1.82) is 0 Å². The molecule has 4 rings (SSSR count). The Morgan fingerprint density at radius 3 is 2.54 bits per heavy atom. The molecule has 2 aromatic rings. The van der Waals surface area contributed by atoms with E-state index in [0.29, 0.717) is 18.5 Å². The van der Waals surface area contributed by atoms with Crippen LogP contribution in [-0.4, -0.2) is 40.5 Å². The largest absolute Gasteiger partial charge is 0.419 e. The van der Waals surface area contributed by atoms with E-state index in [2.05, 4.69) is 10.2 Å². The van der Waals surface area contributed by atoms with Crippen LogP contribution in [0.25, 0.3) is 11.1 Å². The molecule has 28 heavy (non-hydrogen) atoms. The summed E-state index contributed by atoms with van der Waals surface area (Å²) in [5.41, 5.74) is 1.45. The molecular formula is C22H31N3O3. The second-order valence-electron chi connectivity index (χ2n) is 8.35. The summed E-state index contributed by atoms with van der Waals surface area (Å²) in [4.78, 5) is 27.3. The number of hydrogen-bond acceptors (Lipinski definition) is 4. The molecule has 1 aromatic heterocycles. The summed E-state index contributed by atoms with van der Waals surface area (Å²) in [6, 6.07) is 7.34. The van der Waals surface area contributed by atoms with Crippen molar-refractivity contribution in [3.63, 3.8) is 0 Å². The third-order valence-corrected chi connectivity index (χ3v) is 6.56. The van der Waals surface area contributed by atoms with Crippen molar-refractivity contribution < 1.29 is 9.21 Å². The van der Waals surface area contributed by atoms with Crippen molar-refractivity contribution in [1.82, 2.24) is 14.8 Å². The Kier molecular flexibility index (Phi) is 5.85. The molecule has 1 aliphatic carbocycles. The maximum absolute atomic E-state index is 12.6. The minimum Gasteiger partial charge on any atom is -0.408 e. The van der Waals surface area contributed by atoms with E-state index in [1.54, 1.807) is 10.6 Å². The van der Waals surface area contributed by atoms with E-state index in [4.69, 9.17) is 4.42 Å². The lowest BCUT2D eigenvalue weighted by atomic mass is 9.79. The average molecular weight is 386 g/mol. The number of nitrogens with zero attached hydrogens (tertiary/aromatic N) is 2. The number of amides is 1. The van der Waals surface area contributed by atoms with Gasteiger partial charge in [-0.15, -0.1) is 0 Å². The van der Waals surface area contributed by atoms with Gasteiger partial charge in [0.25, 0.3) is 0 Å². The summed E-state index contributed by atoms with van der Waals surface area (Å²) in [5.74, 6) is -0.384. The number of carbonyl (C=O) groups is 1. The van der Waals surface area contributed by atoms with Gasteiger partial charge in [0.2, 0.25) is 5.91 Å². The Bertz CT molecular complexity index is 857. The number of rotatable bonds is 6. The fourth-order valence-corrected chi connectivity index (χ4v) is 4.97. The first-order valence-corrected chi connectivity index (χ1v) is 10.8. The highest BCUT2D eigenvalue weighted by atomic mass is 16.4. The summed E-state index contributed by atoms with van der Waals surface area (Å²) in [5, 5.41) is 3.19. The maximum Gasteiger partial charge on any atom is 0.419 e. The first kappa shape index (κ1) is 19.2. The van der Waals surface area contributed by atoms with E-state index >= 15 is 0 Å². The molecule has 2 heterocycles. The monoisotopic (exact) mass is 385 g/mol. The van der Waals surface area contributed by atoms with Gasteiger partial charge in [-0.05, 0) is 50.9 Å². The number of fused-ring (bicyclic) bond motifs is 1. The summed E-state index contributed by atoms with van der Waals surface area (Å²) >= 11 is 0. The Hall–Kier alpha value is -2.08. The minimum atomic E-state index is -0.397.